The number of carbonyl (C=O) groups is 2. The number of piperazine rings is 1. The van der Waals surface area contributed by atoms with Gasteiger partial charge in [-0.05, 0) is 43.0 Å². The molecule has 0 spiro atoms. The Kier molecular flexibility index (Phi) is 7.18. The number of rotatable bonds is 7. The van der Waals surface area contributed by atoms with Gasteiger partial charge < -0.3 is 29.2 Å². The highest BCUT2D eigenvalue weighted by atomic mass is 16.7. The van der Waals surface area contributed by atoms with Crippen LogP contribution < -0.4 is 24.3 Å². The fourth-order valence-electron chi connectivity index (χ4n) is 5.49. The molecule has 0 bridgehead atoms. The Morgan fingerprint density at radius 2 is 1.69 bits per heavy atom. The van der Waals surface area contributed by atoms with Gasteiger partial charge in [-0.15, -0.1) is 0 Å². The molecular formula is C27H33N3O6. The van der Waals surface area contributed by atoms with E-state index in [9.17, 15) is 9.59 Å². The van der Waals surface area contributed by atoms with Crippen molar-refractivity contribution >= 4 is 17.5 Å². The predicted octanol–water partition coefficient (Wildman–Crippen LogP) is 3.39. The van der Waals surface area contributed by atoms with Crippen LogP contribution in [0.15, 0.2) is 36.4 Å². The number of nitrogens with one attached hydrogen (secondary N) is 1. The zero-order valence-electron chi connectivity index (χ0n) is 20.8. The molecular weight excluding hydrogens is 462 g/mol. The van der Waals surface area contributed by atoms with Gasteiger partial charge in [0.1, 0.15) is 11.5 Å². The van der Waals surface area contributed by atoms with Crippen molar-refractivity contribution < 1.29 is 28.5 Å². The van der Waals surface area contributed by atoms with E-state index in [1.54, 1.807) is 32.4 Å². The maximum Gasteiger partial charge on any atom is 0.257 e. The Balaban J connectivity index is 1.26. The van der Waals surface area contributed by atoms with Crippen LogP contribution in [0.1, 0.15) is 36.0 Å². The third-order valence-electron chi connectivity index (χ3n) is 7.39. The van der Waals surface area contributed by atoms with E-state index in [0.29, 0.717) is 66.3 Å². The molecule has 1 atom stereocenters. The van der Waals surface area contributed by atoms with Gasteiger partial charge in [-0.3, -0.25) is 14.5 Å². The molecule has 2 fully saturated rings. The van der Waals surface area contributed by atoms with Crippen molar-refractivity contribution in [2.45, 2.75) is 31.7 Å². The largest absolute Gasteiger partial charge is 0.497 e. The van der Waals surface area contributed by atoms with Gasteiger partial charge in [0, 0.05) is 44.0 Å². The first-order chi connectivity index (χ1) is 17.6. The molecule has 1 saturated carbocycles. The fraction of sp³-hybridized carbons (Fsp3) is 0.481. The highest BCUT2D eigenvalue weighted by Gasteiger charge is 2.38. The Morgan fingerprint density at radius 1 is 0.944 bits per heavy atom. The highest BCUT2D eigenvalue weighted by molar-refractivity contribution is 5.97. The van der Waals surface area contributed by atoms with Crippen molar-refractivity contribution in [3.63, 3.8) is 0 Å². The van der Waals surface area contributed by atoms with Crippen molar-refractivity contribution in [2.24, 2.45) is 5.92 Å². The van der Waals surface area contributed by atoms with Crippen LogP contribution in [0.2, 0.25) is 0 Å². The summed E-state index contributed by atoms with van der Waals surface area (Å²) in [6.45, 7) is 2.58. The molecule has 192 valence electrons. The second kappa shape index (κ2) is 10.7. The molecule has 2 heterocycles. The summed E-state index contributed by atoms with van der Waals surface area (Å²) in [4.78, 5) is 30.9. The molecule has 1 saturated heterocycles. The van der Waals surface area contributed by atoms with E-state index < -0.39 is 0 Å². The van der Waals surface area contributed by atoms with Crippen LogP contribution >= 0.6 is 0 Å². The molecule has 2 aliphatic heterocycles. The minimum Gasteiger partial charge on any atom is -0.497 e. The van der Waals surface area contributed by atoms with Gasteiger partial charge >= 0.3 is 0 Å². The summed E-state index contributed by atoms with van der Waals surface area (Å²) in [5, 5.41) is 3.11. The van der Waals surface area contributed by atoms with E-state index in [2.05, 4.69) is 10.2 Å². The number of anilines is 1. The average Bonchev–Trinajstić information content (AvgIpc) is 3.61. The minimum atomic E-state index is -0.231. The second-order valence-electron chi connectivity index (χ2n) is 9.44. The predicted molar refractivity (Wildman–Crippen MR) is 134 cm³/mol. The molecule has 0 aromatic heterocycles. The van der Waals surface area contributed by atoms with Crippen molar-refractivity contribution in [1.82, 2.24) is 9.80 Å². The number of methoxy groups -OCH3 is 2. The zero-order chi connectivity index (χ0) is 25.1. The third-order valence-corrected chi connectivity index (χ3v) is 7.39. The summed E-state index contributed by atoms with van der Waals surface area (Å²) in [6.07, 6.45) is 4.38. The summed E-state index contributed by atoms with van der Waals surface area (Å²) >= 11 is 0. The lowest BCUT2D eigenvalue weighted by molar-refractivity contribution is -0.123. The Bertz CT molecular complexity index is 1110. The zero-order valence-corrected chi connectivity index (χ0v) is 20.8. The Morgan fingerprint density at radius 3 is 2.42 bits per heavy atom. The summed E-state index contributed by atoms with van der Waals surface area (Å²) in [5.74, 6) is 2.70. The molecule has 2 amide bonds. The van der Waals surface area contributed by atoms with E-state index in [4.69, 9.17) is 18.9 Å². The number of benzene rings is 2. The second-order valence-corrected chi connectivity index (χ2v) is 9.44. The minimum absolute atomic E-state index is 0.00244. The number of amides is 2. The Labute approximate surface area is 211 Å². The van der Waals surface area contributed by atoms with Crippen LogP contribution in [-0.2, 0) is 4.79 Å². The van der Waals surface area contributed by atoms with E-state index in [0.717, 1.165) is 25.7 Å². The van der Waals surface area contributed by atoms with E-state index in [1.807, 2.05) is 23.1 Å². The number of hydrogen-bond acceptors (Lipinski definition) is 7. The van der Waals surface area contributed by atoms with Gasteiger partial charge in [0.25, 0.3) is 5.91 Å². The van der Waals surface area contributed by atoms with Crippen molar-refractivity contribution in [3.05, 3.63) is 42.0 Å². The number of fused-ring (bicyclic) bond motifs is 1. The van der Waals surface area contributed by atoms with Crippen LogP contribution in [0.4, 0.5) is 5.69 Å². The monoisotopic (exact) mass is 495 g/mol. The van der Waals surface area contributed by atoms with E-state index >= 15 is 0 Å². The molecule has 2 aromatic carbocycles. The highest BCUT2D eigenvalue weighted by Crippen LogP contribution is 2.36. The van der Waals surface area contributed by atoms with Crippen molar-refractivity contribution in [1.29, 1.82) is 0 Å². The molecule has 2 aromatic rings. The average molecular weight is 496 g/mol. The molecule has 1 aliphatic carbocycles. The quantitative estimate of drug-likeness (QED) is 0.630. The smallest absolute Gasteiger partial charge is 0.257 e. The van der Waals surface area contributed by atoms with E-state index in [-0.39, 0.29) is 24.6 Å². The van der Waals surface area contributed by atoms with Crippen LogP contribution in [0.3, 0.4) is 0 Å². The van der Waals surface area contributed by atoms with Crippen LogP contribution in [0, 0.1) is 5.92 Å². The van der Waals surface area contributed by atoms with Gasteiger partial charge in [-0.1, -0.05) is 12.8 Å². The molecule has 9 heteroatoms. The van der Waals surface area contributed by atoms with E-state index in [1.165, 1.54) is 0 Å². The van der Waals surface area contributed by atoms with Gasteiger partial charge in [-0.25, -0.2) is 0 Å². The first-order valence-corrected chi connectivity index (χ1v) is 12.5. The number of nitrogens with zero attached hydrogens (tertiary/aromatic N) is 2. The fourth-order valence-corrected chi connectivity index (χ4v) is 5.49. The number of carbonyl (C=O) groups excluding carboxylic acids is 2. The lowest BCUT2D eigenvalue weighted by atomic mass is 9.94. The molecule has 9 nitrogen and oxygen atoms in total. The number of hydrogen-bond donors (Lipinski definition) is 1. The lowest BCUT2D eigenvalue weighted by Crippen LogP contribution is -2.56. The third kappa shape index (κ3) is 4.93. The molecule has 36 heavy (non-hydrogen) atoms. The summed E-state index contributed by atoms with van der Waals surface area (Å²) in [7, 11) is 3.13. The van der Waals surface area contributed by atoms with Crippen LogP contribution in [-0.4, -0.2) is 74.8 Å². The molecule has 1 N–H and O–H groups in total. The lowest BCUT2D eigenvalue weighted by Gasteiger charge is -2.40. The first-order valence-electron chi connectivity index (χ1n) is 12.5. The first kappa shape index (κ1) is 24.2. The van der Waals surface area contributed by atoms with Crippen LogP contribution in [0.5, 0.6) is 23.0 Å². The maximum atomic E-state index is 13.5. The summed E-state index contributed by atoms with van der Waals surface area (Å²) in [5.41, 5.74) is 1.22. The molecule has 0 unspecified atom stereocenters. The van der Waals surface area contributed by atoms with Crippen molar-refractivity contribution in [3.8, 4) is 23.0 Å². The van der Waals surface area contributed by atoms with Crippen LogP contribution in [0.25, 0.3) is 0 Å². The summed E-state index contributed by atoms with van der Waals surface area (Å²) in [6, 6.07) is 10.5. The molecule has 5 rings (SSSR count). The van der Waals surface area contributed by atoms with Gasteiger partial charge in [-0.2, -0.15) is 0 Å². The molecule has 0 radical (unpaired) electrons. The number of ether oxygens (including phenoxy) is 4. The normalized spacial score (nSPS) is 18.7. The standard InChI is InChI=1S/C27H33N3O6/c1-33-20-8-9-21(23(16-20)34-2)27(32)30-13-11-29(12-14-30)25(18-5-3-4-6-18)26(31)28-19-7-10-22-24(15-19)36-17-35-22/h7-10,15-16,18,25H,3-6,11-14,17H2,1-2H3,(H,28,31)/t25-/m0/s1. The molecule has 3 aliphatic rings. The van der Waals surface area contributed by atoms with Crippen molar-refractivity contribution in [2.75, 3.05) is 52.5 Å². The summed E-state index contributed by atoms with van der Waals surface area (Å²) < 4.78 is 21.5. The maximum absolute atomic E-state index is 13.5. The topological polar surface area (TPSA) is 89.6 Å². The van der Waals surface area contributed by atoms with Gasteiger partial charge in [0.05, 0.1) is 25.8 Å². The van der Waals surface area contributed by atoms with Gasteiger partial charge in [0.2, 0.25) is 12.7 Å². The SMILES string of the molecule is COc1ccc(C(=O)N2CCN([C@H](C(=O)Nc3ccc4c(c3)OCO4)C3CCCC3)CC2)c(OC)c1. The Hall–Kier alpha value is -3.46. The van der Waals surface area contributed by atoms with Gasteiger partial charge in [0.15, 0.2) is 11.5 Å².